The third-order valence-corrected chi connectivity index (χ3v) is 4.87. The largest absolute Gasteiger partial charge is 0.399 e. The first-order chi connectivity index (χ1) is 8.47. The lowest BCUT2D eigenvalue weighted by Crippen LogP contribution is -2.52. The van der Waals surface area contributed by atoms with Gasteiger partial charge in [0.05, 0.1) is 10.0 Å². The molecular weight excluding hydrogens is 313 g/mol. The number of carbonyl (C=O) groups is 1. The highest BCUT2D eigenvalue weighted by Gasteiger charge is 2.33. The maximum absolute atomic E-state index is 12.2. The quantitative estimate of drug-likeness (QED) is 0.719. The first kappa shape index (κ1) is 16.0. The minimum Gasteiger partial charge on any atom is -0.399 e. The van der Waals surface area contributed by atoms with Crippen LogP contribution >= 0.6 is 23.2 Å². The van der Waals surface area contributed by atoms with E-state index in [1.54, 1.807) is 0 Å². The Morgan fingerprint density at radius 2 is 1.68 bits per heavy atom. The number of carbonyl (C=O) groups excluding carboxylic acids is 1. The molecule has 0 fully saturated rings. The molecular formula is C10H13Cl2N3O3S. The summed E-state index contributed by atoms with van der Waals surface area (Å²) in [7, 11) is -4.11. The van der Waals surface area contributed by atoms with Gasteiger partial charge in [-0.05, 0) is 26.0 Å². The zero-order valence-corrected chi connectivity index (χ0v) is 12.5. The van der Waals surface area contributed by atoms with Gasteiger partial charge in [-0.1, -0.05) is 23.2 Å². The second kappa shape index (κ2) is 5.16. The Balaban J connectivity index is 3.34. The molecule has 0 aliphatic rings. The molecule has 0 spiro atoms. The Bertz CT molecular complexity index is 606. The van der Waals surface area contributed by atoms with Gasteiger partial charge in [-0.3, -0.25) is 4.79 Å². The van der Waals surface area contributed by atoms with Crippen molar-refractivity contribution < 1.29 is 13.2 Å². The highest BCUT2D eigenvalue weighted by molar-refractivity contribution is 7.89. The second-order valence-electron chi connectivity index (χ2n) is 4.41. The molecule has 1 rings (SSSR count). The van der Waals surface area contributed by atoms with Crippen molar-refractivity contribution in [3.05, 3.63) is 22.2 Å². The van der Waals surface area contributed by atoms with E-state index in [4.69, 9.17) is 34.7 Å². The van der Waals surface area contributed by atoms with E-state index in [0.29, 0.717) is 0 Å². The summed E-state index contributed by atoms with van der Waals surface area (Å²) in [6.45, 7) is 2.65. The number of hydrogen-bond acceptors (Lipinski definition) is 4. The highest BCUT2D eigenvalue weighted by Crippen LogP contribution is 2.32. The van der Waals surface area contributed by atoms with Crippen molar-refractivity contribution >= 4 is 44.8 Å². The van der Waals surface area contributed by atoms with Crippen LogP contribution in [0.4, 0.5) is 5.69 Å². The minimum absolute atomic E-state index is 0.141. The van der Waals surface area contributed by atoms with Crippen LogP contribution in [-0.2, 0) is 14.8 Å². The molecule has 19 heavy (non-hydrogen) atoms. The molecule has 5 N–H and O–H groups in total. The van der Waals surface area contributed by atoms with Crippen LogP contribution in [-0.4, -0.2) is 19.9 Å². The average Bonchev–Trinajstić information content (AvgIpc) is 2.12. The van der Waals surface area contributed by atoms with Crippen molar-refractivity contribution in [2.75, 3.05) is 5.73 Å². The minimum atomic E-state index is -4.11. The number of halogens is 2. The van der Waals surface area contributed by atoms with E-state index < -0.39 is 21.5 Å². The molecule has 0 aliphatic carbocycles. The van der Waals surface area contributed by atoms with E-state index in [1.807, 2.05) is 0 Å². The predicted molar refractivity (Wildman–Crippen MR) is 74.5 cm³/mol. The number of anilines is 1. The molecule has 0 unspecified atom stereocenters. The second-order valence-corrected chi connectivity index (χ2v) is 6.84. The van der Waals surface area contributed by atoms with Crippen molar-refractivity contribution in [1.82, 2.24) is 4.72 Å². The molecule has 6 nitrogen and oxygen atoms in total. The molecule has 0 bridgehead atoms. The Labute approximate surface area is 121 Å². The molecule has 1 amide bonds. The SMILES string of the molecule is CC(C)(NS(=O)(=O)c1c(Cl)cc(N)cc1Cl)C(N)=O. The number of amides is 1. The van der Waals surface area contributed by atoms with Gasteiger partial charge in [0.2, 0.25) is 15.9 Å². The van der Waals surface area contributed by atoms with Crippen LogP contribution in [0.1, 0.15) is 13.8 Å². The monoisotopic (exact) mass is 325 g/mol. The van der Waals surface area contributed by atoms with Crippen molar-refractivity contribution in [2.24, 2.45) is 5.73 Å². The van der Waals surface area contributed by atoms with Crippen molar-refractivity contribution in [3.8, 4) is 0 Å². The molecule has 1 aromatic rings. The van der Waals surface area contributed by atoms with Gasteiger partial charge in [0.1, 0.15) is 10.4 Å². The maximum Gasteiger partial charge on any atom is 0.244 e. The third kappa shape index (κ3) is 3.50. The molecule has 9 heteroatoms. The fraction of sp³-hybridized carbons (Fsp3) is 0.300. The van der Waals surface area contributed by atoms with E-state index >= 15 is 0 Å². The van der Waals surface area contributed by atoms with E-state index in [0.717, 1.165) is 0 Å². The molecule has 0 heterocycles. The fourth-order valence-corrected chi connectivity index (χ4v) is 3.89. The van der Waals surface area contributed by atoms with E-state index in [-0.39, 0.29) is 20.6 Å². The summed E-state index contributed by atoms with van der Waals surface area (Å²) in [6, 6.07) is 2.50. The number of sulfonamides is 1. The number of nitrogens with one attached hydrogen (secondary N) is 1. The normalized spacial score (nSPS) is 12.4. The number of nitrogen functional groups attached to an aromatic ring is 1. The Morgan fingerprint density at radius 3 is 2.05 bits per heavy atom. The van der Waals surface area contributed by atoms with Crippen LogP contribution in [0.15, 0.2) is 17.0 Å². The molecule has 0 saturated heterocycles. The molecule has 0 aromatic heterocycles. The van der Waals surface area contributed by atoms with Crippen LogP contribution in [0.2, 0.25) is 10.0 Å². The molecule has 0 radical (unpaired) electrons. The molecule has 0 atom stereocenters. The summed E-state index contributed by atoms with van der Waals surface area (Å²) in [5.74, 6) is -0.834. The van der Waals surface area contributed by atoms with Gasteiger partial charge in [-0.2, -0.15) is 4.72 Å². The Kier molecular flexibility index (Phi) is 4.36. The van der Waals surface area contributed by atoms with Gasteiger partial charge in [-0.25, -0.2) is 8.42 Å². The van der Waals surface area contributed by atoms with Gasteiger partial charge in [0.15, 0.2) is 0 Å². The number of primary amides is 1. The first-order valence-corrected chi connectivity index (χ1v) is 7.29. The van der Waals surface area contributed by atoms with Gasteiger partial charge in [0.25, 0.3) is 0 Å². The van der Waals surface area contributed by atoms with Crippen LogP contribution in [0.5, 0.6) is 0 Å². The zero-order valence-electron chi connectivity index (χ0n) is 10.2. The van der Waals surface area contributed by atoms with Crippen molar-refractivity contribution in [2.45, 2.75) is 24.3 Å². The molecule has 0 aliphatic heterocycles. The third-order valence-electron chi connectivity index (χ3n) is 2.29. The number of rotatable bonds is 4. The van der Waals surface area contributed by atoms with Gasteiger partial charge in [0, 0.05) is 5.69 Å². The molecule has 0 saturated carbocycles. The lowest BCUT2D eigenvalue weighted by molar-refractivity contribution is -0.122. The smallest absolute Gasteiger partial charge is 0.244 e. The number of benzene rings is 1. The average molecular weight is 326 g/mol. The van der Waals surface area contributed by atoms with E-state index in [1.165, 1.54) is 26.0 Å². The standard InChI is InChI=1S/C10H13Cl2N3O3S/c1-10(2,9(14)16)15-19(17,18)8-6(11)3-5(13)4-7(8)12/h3-4,15H,13H2,1-2H3,(H2,14,16). The van der Waals surface area contributed by atoms with Gasteiger partial charge >= 0.3 is 0 Å². The summed E-state index contributed by atoms with van der Waals surface area (Å²) < 4.78 is 26.5. The molecule has 1 aromatic carbocycles. The highest BCUT2D eigenvalue weighted by atomic mass is 35.5. The van der Waals surface area contributed by atoms with E-state index in [2.05, 4.69) is 4.72 Å². The summed E-state index contributed by atoms with van der Waals surface area (Å²) in [5, 5.41) is -0.282. The zero-order chi connectivity index (χ0) is 15.0. The predicted octanol–water partition coefficient (Wildman–Crippen LogP) is 1.12. The van der Waals surface area contributed by atoms with Crippen LogP contribution in [0.25, 0.3) is 0 Å². The van der Waals surface area contributed by atoms with Crippen LogP contribution in [0, 0.1) is 0 Å². The van der Waals surface area contributed by atoms with Crippen LogP contribution in [0.3, 0.4) is 0 Å². The van der Waals surface area contributed by atoms with Gasteiger partial charge < -0.3 is 11.5 Å². The number of hydrogen-bond donors (Lipinski definition) is 3. The fourth-order valence-electron chi connectivity index (χ4n) is 1.27. The molecule has 106 valence electrons. The number of nitrogens with two attached hydrogens (primary N) is 2. The maximum atomic E-state index is 12.2. The van der Waals surface area contributed by atoms with Crippen molar-refractivity contribution in [3.63, 3.8) is 0 Å². The Morgan fingerprint density at radius 1 is 1.26 bits per heavy atom. The summed E-state index contributed by atoms with van der Waals surface area (Å²) >= 11 is 11.7. The topological polar surface area (TPSA) is 115 Å². The van der Waals surface area contributed by atoms with Crippen LogP contribution < -0.4 is 16.2 Å². The van der Waals surface area contributed by atoms with Crippen molar-refractivity contribution in [1.29, 1.82) is 0 Å². The first-order valence-electron chi connectivity index (χ1n) is 5.06. The van der Waals surface area contributed by atoms with E-state index in [9.17, 15) is 13.2 Å². The lowest BCUT2D eigenvalue weighted by Gasteiger charge is -2.22. The summed E-state index contributed by atoms with van der Waals surface area (Å²) in [5.41, 5.74) is 9.34. The van der Waals surface area contributed by atoms with Gasteiger partial charge in [-0.15, -0.1) is 0 Å². The summed E-state index contributed by atoms with van der Waals surface area (Å²) in [6.07, 6.45) is 0. The Hall–Kier alpha value is -1.02. The lowest BCUT2D eigenvalue weighted by atomic mass is 10.1. The summed E-state index contributed by atoms with van der Waals surface area (Å²) in [4.78, 5) is 10.8.